The summed E-state index contributed by atoms with van der Waals surface area (Å²) in [6, 6.07) is 6.43. The average Bonchev–Trinajstić information content (AvgIpc) is 2.70. The first-order chi connectivity index (χ1) is 8.15. The van der Waals surface area contributed by atoms with E-state index in [9.17, 15) is 0 Å². The highest BCUT2D eigenvalue weighted by atomic mass is 79.9. The van der Waals surface area contributed by atoms with Crippen LogP contribution < -0.4 is 5.32 Å². The van der Waals surface area contributed by atoms with Crippen molar-refractivity contribution in [3.8, 4) is 0 Å². The number of nitrogens with one attached hydrogen (secondary N) is 1. The van der Waals surface area contributed by atoms with Gasteiger partial charge in [-0.1, -0.05) is 28.1 Å². The molecular formula is C13H15BrN2S. The van der Waals surface area contributed by atoms with Crippen LogP contribution in [0, 0.1) is 13.8 Å². The molecular weight excluding hydrogens is 296 g/mol. The molecule has 0 aliphatic heterocycles. The van der Waals surface area contributed by atoms with E-state index in [0.29, 0.717) is 0 Å². The van der Waals surface area contributed by atoms with Crippen molar-refractivity contribution in [3.63, 3.8) is 0 Å². The zero-order valence-electron chi connectivity index (χ0n) is 9.96. The summed E-state index contributed by atoms with van der Waals surface area (Å²) in [5.41, 5.74) is 3.68. The molecule has 4 heteroatoms. The summed E-state index contributed by atoms with van der Waals surface area (Å²) < 4.78 is 1.16. The Morgan fingerprint density at radius 2 is 2.12 bits per heavy atom. The molecule has 0 unspecified atom stereocenters. The predicted molar refractivity (Wildman–Crippen MR) is 76.3 cm³/mol. The Kier molecular flexibility index (Phi) is 4.31. The molecule has 0 amide bonds. The Labute approximate surface area is 114 Å². The largest absolute Gasteiger partial charge is 0.306 e. The van der Waals surface area contributed by atoms with Crippen LogP contribution in [0.25, 0.3) is 0 Å². The molecule has 1 N–H and O–H groups in total. The quantitative estimate of drug-likeness (QED) is 0.928. The van der Waals surface area contributed by atoms with Crippen molar-refractivity contribution in [1.29, 1.82) is 0 Å². The molecule has 1 heterocycles. The Balaban J connectivity index is 1.87. The molecule has 0 saturated carbocycles. The minimum absolute atomic E-state index is 0.841. The first kappa shape index (κ1) is 12.7. The van der Waals surface area contributed by atoms with Crippen LogP contribution in [0.2, 0.25) is 0 Å². The van der Waals surface area contributed by atoms with Crippen molar-refractivity contribution in [3.05, 3.63) is 49.9 Å². The molecule has 0 fully saturated rings. The number of thiazole rings is 1. The van der Waals surface area contributed by atoms with Crippen LogP contribution in [0.4, 0.5) is 0 Å². The van der Waals surface area contributed by atoms with Gasteiger partial charge in [0.25, 0.3) is 0 Å². The highest BCUT2D eigenvalue weighted by Gasteiger charge is 2.00. The molecule has 0 spiro atoms. The lowest BCUT2D eigenvalue weighted by molar-refractivity contribution is 0.688. The molecule has 0 saturated heterocycles. The highest BCUT2D eigenvalue weighted by molar-refractivity contribution is 9.10. The third-order valence-corrected chi connectivity index (χ3v) is 4.35. The van der Waals surface area contributed by atoms with Gasteiger partial charge in [-0.2, -0.15) is 0 Å². The minimum Gasteiger partial charge on any atom is -0.306 e. The maximum atomic E-state index is 4.42. The Morgan fingerprint density at radius 3 is 2.76 bits per heavy atom. The fraction of sp³-hybridized carbons (Fsp3) is 0.308. The molecule has 0 aliphatic carbocycles. The van der Waals surface area contributed by atoms with Gasteiger partial charge < -0.3 is 5.32 Å². The lowest BCUT2D eigenvalue weighted by Gasteiger charge is -2.05. The molecule has 17 heavy (non-hydrogen) atoms. The SMILES string of the molecule is Cc1csc(CNCc2ccc(Br)c(C)c2)n1. The molecule has 2 nitrogen and oxygen atoms in total. The van der Waals surface area contributed by atoms with E-state index in [1.165, 1.54) is 11.1 Å². The van der Waals surface area contributed by atoms with Crippen LogP contribution in [-0.2, 0) is 13.1 Å². The normalized spacial score (nSPS) is 10.8. The second-order valence-corrected chi connectivity index (χ2v) is 5.87. The summed E-state index contributed by atoms with van der Waals surface area (Å²) in [4.78, 5) is 4.42. The van der Waals surface area contributed by atoms with Crippen LogP contribution in [0.1, 0.15) is 21.8 Å². The highest BCUT2D eigenvalue weighted by Crippen LogP contribution is 2.17. The molecule has 0 aliphatic rings. The first-order valence-electron chi connectivity index (χ1n) is 5.52. The summed E-state index contributed by atoms with van der Waals surface area (Å²) in [5.74, 6) is 0. The fourth-order valence-electron chi connectivity index (χ4n) is 1.61. The van der Waals surface area contributed by atoms with E-state index in [1.54, 1.807) is 11.3 Å². The van der Waals surface area contributed by atoms with Gasteiger partial charge >= 0.3 is 0 Å². The number of hydrogen-bond donors (Lipinski definition) is 1. The number of benzene rings is 1. The second kappa shape index (κ2) is 5.76. The van der Waals surface area contributed by atoms with E-state index in [4.69, 9.17) is 0 Å². The van der Waals surface area contributed by atoms with Gasteiger partial charge in [-0.3, -0.25) is 0 Å². The number of aryl methyl sites for hydroxylation is 2. The third-order valence-electron chi connectivity index (χ3n) is 2.49. The van der Waals surface area contributed by atoms with Gasteiger partial charge in [-0.15, -0.1) is 11.3 Å². The molecule has 0 radical (unpaired) electrons. The van der Waals surface area contributed by atoms with E-state index in [1.807, 2.05) is 6.92 Å². The van der Waals surface area contributed by atoms with E-state index < -0.39 is 0 Å². The van der Waals surface area contributed by atoms with Gasteiger partial charge in [0, 0.05) is 28.6 Å². The third kappa shape index (κ3) is 3.63. The number of hydrogen-bond acceptors (Lipinski definition) is 3. The number of halogens is 1. The van der Waals surface area contributed by atoms with Crippen molar-refractivity contribution >= 4 is 27.3 Å². The van der Waals surface area contributed by atoms with Gasteiger partial charge in [0.1, 0.15) is 5.01 Å². The smallest absolute Gasteiger partial charge is 0.107 e. The Bertz CT molecular complexity index is 508. The zero-order valence-corrected chi connectivity index (χ0v) is 12.4. The summed E-state index contributed by atoms with van der Waals surface area (Å²) in [6.45, 7) is 5.86. The van der Waals surface area contributed by atoms with Crippen LogP contribution in [0.15, 0.2) is 28.1 Å². The van der Waals surface area contributed by atoms with Gasteiger partial charge in [0.2, 0.25) is 0 Å². The van der Waals surface area contributed by atoms with E-state index in [0.717, 1.165) is 28.3 Å². The number of aromatic nitrogens is 1. The lowest BCUT2D eigenvalue weighted by Crippen LogP contribution is -2.12. The number of nitrogens with zero attached hydrogens (tertiary/aromatic N) is 1. The van der Waals surface area contributed by atoms with Gasteiger partial charge in [-0.05, 0) is 31.0 Å². The van der Waals surface area contributed by atoms with Gasteiger partial charge in [0.05, 0.1) is 0 Å². The Morgan fingerprint density at radius 1 is 1.29 bits per heavy atom. The van der Waals surface area contributed by atoms with Gasteiger partial charge in [-0.25, -0.2) is 4.98 Å². The minimum atomic E-state index is 0.841. The summed E-state index contributed by atoms with van der Waals surface area (Å²) in [7, 11) is 0. The molecule has 90 valence electrons. The van der Waals surface area contributed by atoms with Crippen LogP contribution in [-0.4, -0.2) is 4.98 Å². The average molecular weight is 311 g/mol. The van der Waals surface area contributed by atoms with E-state index in [-0.39, 0.29) is 0 Å². The molecule has 1 aromatic carbocycles. The van der Waals surface area contributed by atoms with Gasteiger partial charge in [0.15, 0.2) is 0 Å². The molecule has 0 atom stereocenters. The molecule has 1 aromatic heterocycles. The summed E-state index contributed by atoms with van der Waals surface area (Å²) >= 11 is 5.22. The topological polar surface area (TPSA) is 24.9 Å². The van der Waals surface area contributed by atoms with Crippen LogP contribution >= 0.6 is 27.3 Å². The van der Waals surface area contributed by atoms with Crippen LogP contribution in [0.5, 0.6) is 0 Å². The van der Waals surface area contributed by atoms with Crippen molar-refractivity contribution < 1.29 is 0 Å². The Hall–Kier alpha value is -0.710. The van der Waals surface area contributed by atoms with Crippen molar-refractivity contribution in [2.75, 3.05) is 0 Å². The zero-order chi connectivity index (χ0) is 12.3. The fourth-order valence-corrected chi connectivity index (χ4v) is 2.60. The van der Waals surface area contributed by atoms with E-state index in [2.05, 4.69) is 56.7 Å². The van der Waals surface area contributed by atoms with Crippen molar-refractivity contribution in [2.24, 2.45) is 0 Å². The second-order valence-electron chi connectivity index (χ2n) is 4.07. The number of rotatable bonds is 4. The predicted octanol–water partition coefficient (Wildman–Crippen LogP) is 3.81. The maximum absolute atomic E-state index is 4.42. The molecule has 2 rings (SSSR count). The first-order valence-corrected chi connectivity index (χ1v) is 7.19. The van der Waals surface area contributed by atoms with Crippen molar-refractivity contribution in [2.45, 2.75) is 26.9 Å². The molecule has 2 aromatic rings. The monoisotopic (exact) mass is 310 g/mol. The van der Waals surface area contributed by atoms with Crippen molar-refractivity contribution in [1.82, 2.24) is 10.3 Å². The lowest BCUT2D eigenvalue weighted by atomic mass is 10.1. The standard InChI is InChI=1S/C13H15BrN2S/c1-9-5-11(3-4-12(9)14)6-15-7-13-16-10(2)8-17-13/h3-5,8,15H,6-7H2,1-2H3. The van der Waals surface area contributed by atoms with E-state index >= 15 is 0 Å². The summed E-state index contributed by atoms with van der Waals surface area (Å²) in [5, 5.41) is 6.64. The molecule has 0 bridgehead atoms. The maximum Gasteiger partial charge on any atom is 0.107 e. The van der Waals surface area contributed by atoms with Crippen LogP contribution in [0.3, 0.4) is 0 Å². The summed E-state index contributed by atoms with van der Waals surface area (Å²) in [6.07, 6.45) is 0.